The smallest absolute Gasteiger partial charge is 0.119 e. The third-order valence-electron chi connectivity index (χ3n) is 4.66. The molecule has 1 aliphatic heterocycles. The van der Waals surface area contributed by atoms with Crippen LogP contribution in [0.1, 0.15) is 17.9 Å². The van der Waals surface area contributed by atoms with E-state index in [9.17, 15) is 5.11 Å². The molecule has 0 amide bonds. The van der Waals surface area contributed by atoms with E-state index in [-0.39, 0.29) is 12.5 Å². The van der Waals surface area contributed by atoms with E-state index in [1.165, 1.54) is 10.9 Å². The van der Waals surface area contributed by atoms with E-state index in [4.69, 9.17) is 9.47 Å². The van der Waals surface area contributed by atoms with E-state index < -0.39 is 0 Å². The molecule has 0 bridgehead atoms. The Kier molecular flexibility index (Phi) is 5.49. The molecule has 1 unspecified atom stereocenters. The van der Waals surface area contributed by atoms with Crippen LogP contribution in [0.15, 0.2) is 36.4 Å². The molecule has 3 rings (SSSR count). The fourth-order valence-electron chi connectivity index (χ4n) is 3.15. The van der Waals surface area contributed by atoms with Gasteiger partial charge in [-0.15, -0.1) is 0 Å². The summed E-state index contributed by atoms with van der Waals surface area (Å²) >= 11 is 0. The Hall–Kier alpha value is -1.62. The maximum Gasteiger partial charge on any atom is 0.119 e. The molecule has 0 aliphatic carbocycles. The first-order valence-electron chi connectivity index (χ1n) is 8.29. The fraction of sp³-hybridized carbons (Fsp3) is 0.474. The van der Waals surface area contributed by atoms with Gasteiger partial charge in [0.2, 0.25) is 0 Å². The summed E-state index contributed by atoms with van der Waals surface area (Å²) in [5.41, 5.74) is 1.21. The first-order chi connectivity index (χ1) is 11.3. The van der Waals surface area contributed by atoms with Crippen LogP contribution in [0.25, 0.3) is 10.8 Å². The molecule has 1 N–H and O–H groups in total. The number of hydrogen-bond donors (Lipinski definition) is 1. The molecule has 0 aromatic heterocycles. The molecule has 0 radical (unpaired) electrons. The Morgan fingerprint density at radius 3 is 2.61 bits per heavy atom. The standard InChI is InChI=1S/C19H25NO3/c1-22-19-5-4-15-12-16(2-3-17(15)13-19)18(14-21)6-7-20-8-10-23-11-9-20/h2-5,12-13,18,21H,6-11,14H2,1H3. The van der Waals surface area contributed by atoms with E-state index in [0.29, 0.717) is 0 Å². The monoisotopic (exact) mass is 315 g/mol. The van der Waals surface area contributed by atoms with Crippen LogP contribution < -0.4 is 4.74 Å². The molecule has 2 aromatic carbocycles. The number of morpholine rings is 1. The van der Waals surface area contributed by atoms with Crippen molar-refractivity contribution in [1.82, 2.24) is 4.90 Å². The van der Waals surface area contributed by atoms with Crippen molar-refractivity contribution >= 4 is 10.8 Å². The SMILES string of the molecule is COc1ccc2cc(C(CO)CCN3CCOCC3)ccc2c1. The molecule has 4 nitrogen and oxygen atoms in total. The van der Waals surface area contributed by atoms with Crippen LogP contribution >= 0.6 is 0 Å². The van der Waals surface area contributed by atoms with Crippen molar-refractivity contribution in [3.05, 3.63) is 42.0 Å². The highest BCUT2D eigenvalue weighted by molar-refractivity contribution is 5.84. The molecule has 23 heavy (non-hydrogen) atoms. The van der Waals surface area contributed by atoms with Crippen LogP contribution in [0.4, 0.5) is 0 Å². The minimum atomic E-state index is 0.185. The van der Waals surface area contributed by atoms with Gasteiger partial charge in [0.05, 0.1) is 20.3 Å². The molecule has 1 atom stereocenters. The molecule has 0 spiro atoms. The number of rotatable bonds is 6. The Balaban J connectivity index is 1.71. The van der Waals surface area contributed by atoms with E-state index in [2.05, 4.69) is 29.2 Å². The van der Waals surface area contributed by atoms with Crippen molar-refractivity contribution < 1.29 is 14.6 Å². The Morgan fingerprint density at radius 2 is 1.87 bits per heavy atom. The predicted molar refractivity (Wildman–Crippen MR) is 92.2 cm³/mol. The van der Waals surface area contributed by atoms with Crippen molar-refractivity contribution in [2.24, 2.45) is 0 Å². The highest BCUT2D eigenvalue weighted by Gasteiger charge is 2.15. The summed E-state index contributed by atoms with van der Waals surface area (Å²) in [6, 6.07) is 12.5. The van der Waals surface area contributed by atoms with Gasteiger partial charge in [-0.2, -0.15) is 0 Å². The molecule has 124 valence electrons. The number of aliphatic hydroxyl groups is 1. The van der Waals surface area contributed by atoms with Gasteiger partial charge in [-0.1, -0.05) is 24.3 Å². The van der Waals surface area contributed by atoms with Gasteiger partial charge in [0.15, 0.2) is 0 Å². The zero-order valence-electron chi connectivity index (χ0n) is 13.7. The first-order valence-corrected chi connectivity index (χ1v) is 8.29. The van der Waals surface area contributed by atoms with Gasteiger partial charge in [0.1, 0.15) is 5.75 Å². The van der Waals surface area contributed by atoms with Gasteiger partial charge >= 0.3 is 0 Å². The zero-order valence-corrected chi connectivity index (χ0v) is 13.7. The summed E-state index contributed by atoms with van der Waals surface area (Å²) in [4.78, 5) is 2.41. The Bertz CT molecular complexity index is 638. The predicted octanol–water partition coefficient (Wildman–Crippen LogP) is 2.65. The topological polar surface area (TPSA) is 41.9 Å². The molecule has 2 aromatic rings. The van der Waals surface area contributed by atoms with E-state index in [0.717, 1.165) is 50.4 Å². The van der Waals surface area contributed by atoms with Gasteiger partial charge in [0, 0.05) is 25.6 Å². The van der Waals surface area contributed by atoms with Crippen LogP contribution in [0.3, 0.4) is 0 Å². The van der Waals surface area contributed by atoms with E-state index >= 15 is 0 Å². The summed E-state index contributed by atoms with van der Waals surface area (Å²) in [5, 5.41) is 12.2. The second kappa shape index (κ2) is 7.77. The highest BCUT2D eigenvalue weighted by atomic mass is 16.5. The quantitative estimate of drug-likeness (QED) is 0.890. The number of aliphatic hydroxyl groups excluding tert-OH is 1. The summed E-state index contributed by atoms with van der Waals surface area (Å²) < 4.78 is 10.7. The van der Waals surface area contributed by atoms with Crippen LogP contribution in [0.5, 0.6) is 5.75 Å². The number of hydrogen-bond acceptors (Lipinski definition) is 4. The lowest BCUT2D eigenvalue weighted by Gasteiger charge is -2.28. The minimum Gasteiger partial charge on any atom is -0.497 e. The highest BCUT2D eigenvalue weighted by Crippen LogP contribution is 2.26. The lowest BCUT2D eigenvalue weighted by Crippen LogP contribution is -2.37. The second-order valence-corrected chi connectivity index (χ2v) is 6.09. The lowest BCUT2D eigenvalue weighted by molar-refractivity contribution is 0.0357. The number of methoxy groups -OCH3 is 1. The molecule has 1 fully saturated rings. The van der Waals surface area contributed by atoms with Crippen molar-refractivity contribution in [2.45, 2.75) is 12.3 Å². The summed E-state index contributed by atoms with van der Waals surface area (Å²) in [6.07, 6.45) is 0.970. The van der Waals surface area contributed by atoms with Gasteiger partial charge in [0.25, 0.3) is 0 Å². The van der Waals surface area contributed by atoms with Crippen molar-refractivity contribution in [3.8, 4) is 5.75 Å². The number of benzene rings is 2. The number of ether oxygens (including phenoxy) is 2. The van der Waals surface area contributed by atoms with E-state index in [1.807, 2.05) is 12.1 Å². The maximum atomic E-state index is 9.80. The molecule has 4 heteroatoms. The minimum absolute atomic E-state index is 0.185. The molecule has 0 saturated carbocycles. The average Bonchev–Trinajstić information content (AvgIpc) is 2.62. The average molecular weight is 315 g/mol. The molecule has 1 aliphatic rings. The molecule has 1 heterocycles. The van der Waals surface area contributed by atoms with Gasteiger partial charge in [-0.3, -0.25) is 4.90 Å². The van der Waals surface area contributed by atoms with Crippen LogP contribution in [0, 0.1) is 0 Å². The first kappa shape index (κ1) is 16.2. The van der Waals surface area contributed by atoms with Crippen molar-refractivity contribution in [2.75, 3.05) is 46.6 Å². The lowest BCUT2D eigenvalue weighted by atomic mass is 9.94. The molecular formula is C19H25NO3. The van der Waals surface area contributed by atoms with Crippen LogP contribution in [-0.2, 0) is 4.74 Å². The van der Waals surface area contributed by atoms with Gasteiger partial charge in [-0.05, 0) is 41.4 Å². The summed E-state index contributed by atoms with van der Waals surface area (Å²) in [6.45, 7) is 4.83. The van der Waals surface area contributed by atoms with Gasteiger partial charge in [-0.25, -0.2) is 0 Å². The van der Waals surface area contributed by atoms with Crippen molar-refractivity contribution in [1.29, 1.82) is 0 Å². The summed E-state index contributed by atoms with van der Waals surface area (Å²) in [7, 11) is 1.68. The molecule has 1 saturated heterocycles. The third kappa shape index (κ3) is 4.02. The molecular weight excluding hydrogens is 290 g/mol. The van der Waals surface area contributed by atoms with E-state index in [1.54, 1.807) is 7.11 Å². The largest absolute Gasteiger partial charge is 0.497 e. The Morgan fingerprint density at radius 1 is 1.13 bits per heavy atom. The second-order valence-electron chi connectivity index (χ2n) is 6.09. The van der Waals surface area contributed by atoms with Gasteiger partial charge < -0.3 is 14.6 Å². The zero-order chi connectivity index (χ0) is 16.1. The maximum absolute atomic E-state index is 9.80. The van der Waals surface area contributed by atoms with Crippen LogP contribution in [0.2, 0.25) is 0 Å². The summed E-state index contributed by atoms with van der Waals surface area (Å²) in [5.74, 6) is 1.06. The third-order valence-corrected chi connectivity index (χ3v) is 4.66. The van der Waals surface area contributed by atoms with Crippen molar-refractivity contribution in [3.63, 3.8) is 0 Å². The number of fused-ring (bicyclic) bond motifs is 1. The normalized spacial score (nSPS) is 17.3. The van der Waals surface area contributed by atoms with Crippen LogP contribution in [-0.4, -0.2) is 56.6 Å². The number of nitrogens with zero attached hydrogens (tertiary/aromatic N) is 1. The fourth-order valence-corrected chi connectivity index (χ4v) is 3.15. The Labute approximate surface area is 137 Å².